The molecule has 2 aromatic rings. The number of benzene rings is 2. The van der Waals surface area contributed by atoms with Crippen molar-refractivity contribution in [2.75, 3.05) is 17.2 Å². The molecule has 0 aliphatic rings. The lowest BCUT2D eigenvalue weighted by atomic mass is 10.2. The van der Waals surface area contributed by atoms with Crippen molar-refractivity contribution in [3.63, 3.8) is 0 Å². The van der Waals surface area contributed by atoms with Crippen LogP contribution in [-0.2, 0) is 4.79 Å². The van der Waals surface area contributed by atoms with Crippen molar-refractivity contribution < 1.29 is 13.6 Å². The van der Waals surface area contributed by atoms with Gasteiger partial charge in [0.25, 0.3) is 0 Å². The van der Waals surface area contributed by atoms with E-state index >= 15 is 0 Å². The van der Waals surface area contributed by atoms with Gasteiger partial charge in [-0.05, 0) is 48.9 Å². The number of hydrogen-bond donors (Lipinski definition) is 2. The largest absolute Gasteiger partial charge is 0.384 e. The molecule has 0 aliphatic carbocycles. The van der Waals surface area contributed by atoms with Gasteiger partial charge < -0.3 is 10.6 Å². The van der Waals surface area contributed by atoms with Crippen molar-refractivity contribution in [1.29, 1.82) is 0 Å². The van der Waals surface area contributed by atoms with Crippen LogP contribution in [0.2, 0.25) is 0 Å². The zero-order valence-electron chi connectivity index (χ0n) is 11.9. The van der Waals surface area contributed by atoms with Gasteiger partial charge in [0.2, 0.25) is 5.91 Å². The summed E-state index contributed by atoms with van der Waals surface area (Å²) in [6, 6.07) is 9.06. The fourth-order valence-electron chi connectivity index (χ4n) is 1.87. The molecule has 1 amide bonds. The Kier molecular flexibility index (Phi) is 5.49. The van der Waals surface area contributed by atoms with Gasteiger partial charge in [0.15, 0.2) is 11.6 Å². The van der Waals surface area contributed by atoms with Crippen molar-refractivity contribution in [3.05, 3.63) is 58.1 Å². The minimum Gasteiger partial charge on any atom is -0.384 e. The first kappa shape index (κ1) is 16.4. The molecule has 0 unspecified atom stereocenters. The zero-order valence-corrected chi connectivity index (χ0v) is 13.5. The second-order valence-electron chi connectivity index (χ2n) is 4.82. The Hall–Kier alpha value is -1.95. The first-order chi connectivity index (χ1) is 10.5. The molecule has 0 fully saturated rings. The minimum absolute atomic E-state index is 0.156. The number of carbonyl (C=O) groups is 1. The average molecular weight is 369 g/mol. The maximum atomic E-state index is 13.0. The van der Waals surface area contributed by atoms with Gasteiger partial charge in [0.1, 0.15) is 0 Å². The molecule has 6 heteroatoms. The van der Waals surface area contributed by atoms with E-state index in [0.29, 0.717) is 12.2 Å². The summed E-state index contributed by atoms with van der Waals surface area (Å²) < 4.78 is 26.8. The highest BCUT2D eigenvalue weighted by molar-refractivity contribution is 9.10. The number of carbonyl (C=O) groups excluding carboxylic acids is 1. The van der Waals surface area contributed by atoms with Gasteiger partial charge in [-0.15, -0.1) is 0 Å². The summed E-state index contributed by atoms with van der Waals surface area (Å²) >= 11 is 3.39. The highest BCUT2D eigenvalue weighted by Crippen LogP contribution is 2.20. The van der Waals surface area contributed by atoms with Gasteiger partial charge >= 0.3 is 0 Å². The molecule has 2 aromatic carbocycles. The van der Waals surface area contributed by atoms with E-state index in [1.165, 1.54) is 6.07 Å². The van der Waals surface area contributed by atoms with E-state index in [-0.39, 0.29) is 12.3 Å². The molecule has 0 radical (unpaired) electrons. The molecule has 22 heavy (non-hydrogen) atoms. The van der Waals surface area contributed by atoms with E-state index in [4.69, 9.17) is 0 Å². The molecule has 0 spiro atoms. The molecule has 0 saturated heterocycles. The molecule has 2 N–H and O–H groups in total. The number of anilines is 2. The topological polar surface area (TPSA) is 41.1 Å². The number of aryl methyl sites for hydroxylation is 1. The van der Waals surface area contributed by atoms with Crippen LogP contribution in [0.3, 0.4) is 0 Å². The van der Waals surface area contributed by atoms with Crippen LogP contribution in [0.4, 0.5) is 20.2 Å². The van der Waals surface area contributed by atoms with Crippen LogP contribution in [0.5, 0.6) is 0 Å². The van der Waals surface area contributed by atoms with E-state index in [1.807, 2.05) is 19.1 Å². The molecule has 0 heterocycles. The molecule has 0 aliphatic heterocycles. The van der Waals surface area contributed by atoms with Gasteiger partial charge in [-0.3, -0.25) is 4.79 Å². The molecule has 2 rings (SSSR count). The number of amides is 1. The van der Waals surface area contributed by atoms with Crippen LogP contribution < -0.4 is 10.6 Å². The molecule has 0 bridgehead atoms. The van der Waals surface area contributed by atoms with E-state index < -0.39 is 11.6 Å². The van der Waals surface area contributed by atoms with Crippen LogP contribution in [-0.4, -0.2) is 12.5 Å². The molecule has 3 nitrogen and oxygen atoms in total. The van der Waals surface area contributed by atoms with Crippen molar-refractivity contribution in [2.45, 2.75) is 13.3 Å². The monoisotopic (exact) mass is 368 g/mol. The summed E-state index contributed by atoms with van der Waals surface area (Å²) in [5.41, 5.74) is 2.18. The van der Waals surface area contributed by atoms with Crippen molar-refractivity contribution in [3.8, 4) is 0 Å². The van der Waals surface area contributed by atoms with Crippen LogP contribution in [0.1, 0.15) is 12.0 Å². The fourth-order valence-corrected chi connectivity index (χ4v) is 2.12. The normalized spacial score (nSPS) is 10.4. The molecule has 116 valence electrons. The summed E-state index contributed by atoms with van der Waals surface area (Å²) in [4.78, 5) is 11.8. The van der Waals surface area contributed by atoms with Crippen LogP contribution >= 0.6 is 15.9 Å². The van der Waals surface area contributed by atoms with E-state index in [2.05, 4.69) is 26.6 Å². The summed E-state index contributed by atoms with van der Waals surface area (Å²) in [6.07, 6.45) is 0.216. The molecule has 0 aromatic heterocycles. The number of nitrogens with one attached hydrogen (secondary N) is 2. The highest BCUT2D eigenvalue weighted by Gasteiger charge is 2.05. The Morgan fingerprint density at radius 2 is 1.82 bits per heavy atom. The number of hydrogen-bond acceptors (Lipinski definition) is 2. The predicted molar refractivity (Wildman–Crippen MR) is 87.0 cm³/mol. The minimum atomic E-state index is -0.917. The number of rotatable bonds is 5. The lowest BCUT2D eigenvalue weighted by molar-refractivity contribution is -0.115. The Labute approximate surface area is 135 Å². The maximum absolute atomic E-state index is 13.0. The molecule has 0 atom stereocenters. The Morgan fingerprint density at radius 3 is 2.50 bits per heavy atom. The molecule has 0 saturated carbocycles. The van der Waals surface area contributed by atoms with Crippen molar-refractivity contribution in [1.82, 2.24) is 0 Å². The van der Waals surface area contributed by atoms with E-state index in [0.717, 1.165) is 27.9 Å². The highest BCUT2D eigenvalue weighted by atomic mass is 79.9. The Balaban J connectivity index is 1.82. The van der Waals surface area contributed by atoms with Crippen molar-refractivity contribution >= 4 is 33.2 Å². The molecular weight excluding hydrogens is 354 g/mol. The van der Waals surface area contributed by atoms with E-state index in [9.17, 15) is 13.6 Å². The smallest absolute Gasteiger partial charge is 0.226 e. The van der Waals surface area contributed by atoms with Gasteiger partial charge in [-0.1, -0.05) is 15.9 Å². The standard InChI is InChI=1S/C16H15BrF2N2O/c1-10-8-12(2-4-13(10)17)21-16(22)6-7-20-11-3-5-14(18)15(19)9-11/h2-5,8-9,20H,6-7H2,1H3,(H,21,22). The van der Waals surface area contributed by atoms with Crippen molar-refractivity contribution in [2.24, 2.45) is 0 Å². The average Bonchev–Trinajstić information content (AvgIpc) is 2.47. The summed E-state index contributed by atoms with van der Waals surface area (Å²) in [5, 5.41) is 5.66. The third kappa shape index (κ3) is 4.53. The predicted octanol–water partition coefficient (Wildman–Crippen LogP) is 4.48. The summed E-state index contributed by atoms with van der Waals surface area (Å²) in [5.74, 6) is -1.97. The maximum Gasteiger partial charge on any atom is 0.226 e. The SMILES string of the molecule is Cc1cc(NC(=O)CCNc2ccc(F)c(F)c2)ccc1Br. The quantitative estimate of drug-likeness (QED) is 0.816. The Morgan fingerprint density at radius 1 is 1.09 bits per heavy atom. The Bertz CT molecular complexity index is 692. The lowest BCUT2D eigenvalue weighted by Gasteiger charge is -2.09. The summed E-state index contributed by atoms with van der Waals surface area (Å²) in [6.45, 7) is 2.26. The van der Waals surface area contributed by atoms with E-state index in [1.54, 1.807) is 6.07 Å². The second kappa shape index (κ2) is 7.35. The third-order valence-corrected chi connectivity index (χ3v) is 3.93. The van der Waals surface area contributed by atoms with Gasteiger partial charge in [-0.25, -0.2) is 8.78 Å². The fraction of sp³-hybridized carbons (Fsp3) is 0.188. The molecular formula is C16H15BrF2N2O. The summed E-state index contributed by atoms with van der Waals surface area (Å²) in [7, 11) is 0. The van der Waals surface area contributed by atoms with Crippen LogP contribution in [0.15, 0.2) is 40.9 Å². The van der Waals surface area contributed by atoms with Gasteiger partial charge in [-0.2, -0.15) is 0 Å². The van der Waals surface area contributed by atoms with Crippen LogP contribution in [0, 0.1) is 18.6 Å². The number of halogens is 3. The second-order valence-corrected chi connectivity index (χ2v) is 5.67. The first-order valence-corrected chi connectivity index (χ1v) is 7.50. The lowest BCUT2D eigenvalue weighted by Crippen LogP contribution is -2.16. The van der Waals surface area contributed by atoms with Gasteiger partial charge in [0.05, 0.1) is 0 Å². The van der Waals surface area contributed by atoms with Crippen LogP contribution in [0.25, 0.3) is 0 Å². The zero-order chi connectivity index (χ0) is 16.1. The third-order valence-electron chi connectivity index (χ3n) is 3.04. The first-order valence-electron chi connectivity index (χ1n) is 6.70. The van der Waals surface area contributed by atoms with Gasteiger partial charge in [0, 0.05) is 28.8 Å².